The lowest BCUT2D eigenvalue weighted by molar-refractivity contribution is -0.710. The van der Waals surface area contributed by atoms with Gasteiger partial charge in [-0.05, 0) is 31.5 Å². The van der Waals surface area contributed by atoms with Crippen LogP contribution in [-0.4, -0.2) is 33.3 Å². The van der Waals surface area contributed by atoms with E-state index in [1.807, 2.05) is 13.8 Å². The Kier molecular flexibility index (Phi) is 5.04. The Bertz CT molecular complexity index is 398. The summed E-state index contributed by atoms with van der Waals surface area (Å²) in [4.78, 5) is 5.23. The first-order valence-electron chi connectivity index (χ1n) is 5.63. The highest BCUT2D eigenvalue weighted by atomic mass is 16.7. The van der Waals surface area contributed by atoms with Crippen LogP contribution >= 0.6 is 0 Å². The van der Waals surface area contributed by atoms with E-state index in [1.165, 1.54) is 23.2 Å². The lowest BCUT2D eigenvalue weighted by Gasteiger charge is -2.13. The number of benzene rings is 1. The van der Waals surface area contributed by atoms with E-state index in [9.17, 15) is 15.4 Å². The highest BCUT2D eigenvalue weighted by molar-refractivity contribution is 5.36. The fourth-order valence-corrected chi connectivity index (χ4v) is 1.41. The maximum Gasteiger partial charge on any atom is 0.233 e. The molecule has 1 aromatic carbocycles. The third-order valence-electron chi connectivity index (χ3n) is 2.29. The number of nitrogens with zero attached hydrogens (tertiary/aromatic N) is 3. The Labute approximate surface area is 105 Å². The van der Waals surface area contributed by atoms with Crippen molar-refractivity contribution in [3.63, 3.8) is 0 Å². The Balaban J connectivity index is 2.57. The molecule has 18 heavy (non-hydrogen) atoms. The van der Waals surface area contributed by atoms with E-state index in [-0.39, 0.29) is 18.1 Å². The van der Waals surface area contributed by atoms with E-state index in [4.69, 9.17) is 4.84 Å². The molecule has 7 nitrogen and oxygen atoms in total. The molecule has 0 atom stereocenters. The van der Waals surface area contributed by atoms with Gasteiger partial charge in [-0.2, -0.15) is 0 Å². The van der Waals surface area contributed by atoms with Crippen LogP contribution in [0, 0.1) is 5.21 Å². The van der Waals surface area contributed by atoms with Crippen molar-refractivity contribution in [1.29, 1.82) is 0 Å². The minimum Gasteiger partial charge on any atom is -0.569 e. The quantitative estimate of drug-likeness (QED) is 0.459. The monoisotopic (exact) mass is 255 g/mol. The molecule has 0 saturated heterocycles. The van der Waals surface area contributed by atoms with Gasteiger partial charge in [0.2, 0.25) is 5.28 Å². The summed E-state index contributed by atoms with van der Waals surface area (Å²) in [6.07, 6.45) is 0. The predicted octanol–water partition coefficient (Wildman–Crippen LogP) is 1.75. The molecule has 0 amide bonds. The molecule has 0 aliphatic carbocycles. The molecular weight excluding hydrogens is 238 g/mol. The highest BCUT2D eigenvalue weighted by Crippen LogP contribution is 2.20. The molecule has 0 fully saturated rings. The van der Waals surface area contributed by atoms with Crippen molar-refractivity contribution in [2.45, 2.75) is 20.5 Å². The molecule has 1 rings (SSSR count). The number of phenols is 2. The number of hydrazine groups is 1. The van der Waals surface area contributed by atoms with Gasteiger partial charge in [0.15, 0.2) is 0 Å². The van der Waals surface area contributed by atoms with Crippen molar-refractivity contribution in [1.82, 2.24) is 5.01 Å². The van der Waals surface area contributed by atoms with Gasteiger partial charge in [0.25, 0.3) is 0 Å². The standard InChI is InChI=1S/C11H17N3O4/c1-3-13(4-2)14(17)12-18-8-9-5-10(15)7-11(16)6-9/h5-7,15-16H,3-4,8H2,1-2H3/b14-12-. The second-order valence-electron chi connectivity index (χ2n) is 3.60. The van der Waals surface area contributed by atoms with E-state index >= 15 is 0 Å². The van der Waals surface area contributed by atoms with E-state index < -0.39 is 0 Å². The van der Waals surface area contributed by atoms with E-state index in [2.05, 4.69) is 5.28 Å². The number of aromatic hydroxyl groups is 2. The molecule has 7 heteroatoms. The van der Waals surface area contributed by atoms with Crippen LogP contribution in [0.25, 0.3) is 0 Å². The summed E-state index contributed by atoms with van der Waals surface area (Å²) in [5.41, 5.74) is 0.518. The molecule has 0 aliphatic heterocycles. The Hall–Kier alpha value is -2.18. The molecule has 0 aromatic heterocycles. The largest absolute Gasteiger partial charge is 0.569 e. The van der Waals surface area contributed by atoms with Crippen molar-refractivity contribution in [2.24, 2.45) is 5.28 Å². The van der Waals surface area contributed by atoms with Crippen molar-refractivity contribution in [3.05, 3.63) is 29.0 Å². The maximum atomic E-state index is 11.4. The highest BCUT2D eigenvalue weighted by Gasteiger charge is 2.07. The first kappa shape index (κ1) is 13.9. The first-order chi connectivity index (χ1) is 8.56. The van der Waals surface area contributed by atoms with Gasteiger partial charge < -0.3 is 20.3 Å². The summed E-state index contributed by atoms with van der Waals surface area (Å²) in [6, 6.07) is 4.04. The zero-order valence-corrected chi connectivity index (χ0v) is 10.4. The summed E-state index contributed by atoms with van der Waals surface area (Å²) >= 11 is 0. The Morgan fingerprint density at radius 2 is 1.78 bits per heavy atom. The van der Waals surface area contributed by atoms with Crippen LogP contribution in [0.15, 0.2) is 23.5 Å². The fourth-order valence-electron chi connectivity index (χ4n) is 1.41. The van der Waals surface area contributed by atoms with Gasteiger partial charge in [0.05, 0.1) is 18.1 Å². The van der Waals surface area contributed by atoms with Gasteiger partial charge in [-0.3, -0.25) is 0 Å². The van der Waals surface area contributed by atoms with Crippen LogP contribution in [0.2, 0.25) is 0 Å². The average Bonchev–Trinajstić information content (AvgIpc) is 2.29. The molecular formula is C11H17N3O4. The SMILES string of the molecule is CCN(CC)/[N+]([O-])=N/OCc1cc(O)cc(O)c1. The maximum absolute atomic E-state index is 11.4. The van der Waals surface area contributed by atoms with Gasteiger partial charge >= 0.3 is 0 Å². The molecule has 0 heterocycles. The van der Waals surface area contributed by atoms with Gasteiger partial charge in [-0.1, -0.05) is 0 Å². The normalized spacial score (nSPS) is 11.3. The van der Waals surface area contributed by atoms with Crippen molar-refractivity contribution in [2.75, 3.05) is 13.1 Å². The number of hydrogen-bond donors (Lipinski definition) is 2. The number of phenolic OH excluding ortho intramolecular Hbond substituents is 2. The van der Waals surface area contributed by atoms with Crippen LogP contribution in [0.5, 0.6) is 11.5 Å². The van der Waals surface area contributed by atoms with Crippen LogP contribution in [0.3, 0.4) is 0 Å². The third-order valence-corrected chi connectivity index (χ3v) is 2.29. The van der Waals surface area contributed by atoms with E-state index in [0.717, 1.165) is 0 Å². The summed E-state index contributed by atoms with van der Waals surface area (Å²) < 4.78 is 0. The van der Waals surface area contributed by atoms with Gasteiger partial charge in [0, 0.05) is 6.07 Å². The Morgan fingerprint density at radius 3 is 2.28 bits per heavy atom. The topological polar surface area (TPSA) is 91.4 Å². The first-order valence-corrected chi connectivity index (χ1v) is 5.63. The van der Waals surface area contributed by atoms with Gasteiger partial charge in [-0.25, -0.2) is 0 Å². The second kappa shape index (κ2) is 6.53. The third kappa shape index (κ3) is 4.00. The molecule has 1 aromatic rings. The predicted molar refractivity (Wildman–Crippen MR) is 63.5 cm³/mol. The van der Waals surface area contributed by atoms with E-state index in [0.29, 0.717) is 23.6 Å². The number of hydrogen-bond acceptors (Lipinski definition) is 5. The molecule has 0 aliphatic rings. The zero-order valence-electron chi connectivity index (χ0n) is 10.4. The molecule has 0 saturated carbocycles. The summed E-state index contributed by atoms with van der Waals surface area (Å²) in [5, 5.41) is 34.7. The van der Waals surface area contributed by atoms with Gasteiger partial charge in [-0.15, -0.1) is 5.01 Å². The Morgan fingerprint density at radius 1 is 1.22 bits per heavy atom. The van der Waals surface area contributed by atoms with Crippen LogP contribution in [-0.2, 0) is 11.4 Å². The van der Waals surface area contributed by atoms with Crippen molar-refractivity contribution in [3.8, 4) is 11.5 Å². The lowest BCUT2D eigenvalue weighted by atomic mass is 10.2. The molecule has 0 unspecified atom stereocenters. The smallest absolute Gasteiger partial charge is 0.233 e. The van der Waals surface area contributed by atoms with Crippen LogP contribution < -0.4 is 0 Å². The second-order valence-corrected chi connectivity index (χ2v) is 3.60. The van der Waals surface area contributed by atoms with E-state index in [1.54, 1.807) is 0 Å². The summed E-state index contributed by atoms with van der Waals surface area (Å²) in [5.74, 6) is -0.146. The summed E-state index contributed by atoms with van der Waals surface area (Å²) in [7, 11) is 0. The minimum atomic E-state index is -0.0728. The van der Waals surface area contributed by atoms with Crippen LogP contribution in [0.4, 0.5) is 0 Å². The van der Waals surface area contributed by atoms with Gasteiger partial charge in [0.1, 0.15) is 18.1 Å². The molecule has 100 valence electrons. The number of rotatable bonds is 6. The average molecular weight is 255 g/mol. The van der Waals surface area contributed by atoms with Crippen LogP contribution in [0.1, 0.15) is 19.4 Å². The molecule has 0 radical (unpaired) electrons. The van der Waals surface area contributed by atoms with Crippen molar-refractivity contribution < 1.29 is 20.0 Å². The fraction of sp³-hybridized carbons (Fsp3) is 0.455. The zero-order chi connectivity index (χ0) is 13.5. The molecule has 0 spiro atoms. The molecule has 0 bridgehead atoms. The summed E-state index contributed by atoms with van der Waals surface area (Å²) in [6.45, 7) is 4.70. The lowest BCUT2D eigenvalue weighted by Crippen LogP contribution is -2.30. The minimum absolute atomic E-state index is 0.0119. The molecule has 2 N–H and O–H groups in total. The van der Waals surface area contributed by atoms with Crippen molar-refractivity contribution >= 4 is 0 Å².